The van der Waals surface area contributed by atoms with Crippen LogP contribution in [0.2, 0.25) is 0 Å². The Morgan fingerprint density at radius 1 is 1.26 bits per heavy atom. The van der Waals surface area contributed by atoms with E-state index in [1.165, 1.54) is 0 Å². The van der Waals surface area contributed by atoms with Gasteiger partial charge in [-0.1, -0.05) is 37.3 Å². The van der Waals surface area contributed by atoms with Gasteiger partial charge in [0.25, 0.3) is 0 Å². The maximum absolute atomic E-state index is 12.3. The molecule has 0 aromatic heterocycles. The van der Waals surface area contributed by atoms with E-state index in [1.54, 1.807) is 37.3 Å². The van der Waals surface area contributed by atoms with Crippen molar-refractivity contribution in [2.45, 2.75) is 31.5 Å². The Bertz CT molecular complexity index is 420. The lowest BCUT2D eigenvalue weighted by molar-refractivity contribution is -0.136. The number of carbonyl (C=O) groups excluding carboxylic acids is 1. The zero-order chi connectivity index (χ0) is 14.5. The van der Waals surface area contributed by atoms with E-state index in [-0.39, 0.29) is 12.8 Å². The first-order chi connectivity index (χ1) is 8.79. The molecule has 0 spiro atoms. The Morgan fingerprint density at radius 3 is 2.26 bits per heavy atom. The molecule has 106 valence electrons. The van der Waals surface area contributed by atoms with Crippen molar-refractivity contribution in [3.63, 3.8) is 0 Å². The van der Waals surface area contributed by atoms with Crippen LogP contribution in [0, 0.1) is 0 Å². The standard InChI is InChI=1S/C13H17F3N2O/c1-2-12(11(17)19,18-9-13(14,15)16)8-10-6-4-3-5-7-10/h3-7,18H,2,8-9H2,1H3,(H2,17,19). The van der Waals surface area contributed by atoms with Crippen molar-refractivity contribution in [3.8, 4) is 0 Å². The van der Waals surface area contributed by atoms with Crippen LogP contribution in [-0.4, -0.2) is 24.2 Å². The van der Waals surface area contributed by atoms with Gasteiger partial charge in [-0.25, -0.2) is 0 Å². The van der Waals surface area contributed by atoms with Crippen molar-refractivity contribution in [2.75, 3.05) is 6.54 Å². The number of hydrogen-bond acceptors (Lipinski definition) is 2. The molecule has 1 unspecified atom stereocenters. The van der Waals surface area contributed by atoms with Gasteiger partial charge < -0.3 is 5.73 Å². The Kier molecular flexibility index (Phi) is 4.94. The quantitative estimate of drug-likeness (QED) is 0.833. The monoisotopic (exact) mass is 274 g/mol. The average molecular weight is 274 g/mol. The number of carbonyl (C=O) groups is 1. The van der Waals surface area contributed by atoms with Crippen LogP contribution in [0.25, 0.3) is 0 Å². The molecule has 0 fully saturated rings. The highest BCUT2D eigenvalue weighted by Gasteiger charge is 2.38. The van der Waals surface area contributed by atoms with E-state index in [0.717, 1.165) is 5.56 Å². The Balaban J connectivity index is 2.90. The number of amides is 1. The number of hydrogen-bond donors (Lipinski definition) is 2. The largest absolute Gasteiger partial charge is 0.401 e. The Labute approximate surface area is 110 Å². The highest BCUT2D eigenvalue weighted by Crippen LogP contribution is 2.20. The summed E-state index contributed by atoms with van der Waals surface area (Å²) in [5.74, 6) is -0.775. The summed E-state index contributed by atoms with van der Waals surface area (Å²) in [4.78, 5) is 11.6. The average Bonchev–Trinajstić information content (AvgIpc) is 2.34. The van der Waals surface area contributed by atoms with E-state index in [1.807, 2.05) is 0 Å². The number of benzene rings is 1. The Morgan fingerprint density at radius 2 is 1.84 bits per heavy atom. The van der Waals surface area contributed by atoms with Gasteiger partial charge in [-0.15, -0.1) is 0 Å². The molecule has 1 rings (SSSR count). The second kappa shape index (κ2) is 6.06. The SMILES string of the molecule is CCC(Cc1ccccc1)(NCC(F)(F)F)C(N)=O. The van der Waals surface area contributed by atoms with Gasteiger partial charge in [0, 0.05) is 0 Å². The maximum Gasteiger partial charge on any atom is 0.401 e. The molecule has 19 heavy (non-hydrogen) atoms. The van der Waals surface area contributed by atoms with Gasteiger partial charge in [0.15, 0.2) is 0 Å². The van der Waals surface area contributed by atoms with Crippen molar-refractivity contribution in [1.82, 2.24) is 5.32 Å². The van der Waals surface area contributed by atoms with Crippen molar-refractivity contribution in [1.29, 1.82) is 0 Å². The number of nitrogens with one attached hydrogen (secondary N) is 1. The summed E-state index contributed by atoms with van der Waals surface area (Å²) in [6, 6.07) is 8.83. The number of nitrogens with two attached hydrogens (primary N) is 1. The number of rotatable bonds is 6. The third-order valence-electron chi connectivity index (χ3n) is 3.05. The fraction of sp³-hybridized carbons (Fsp3) is 0.462. The van der Waals surface area contributed by atoms with Crippen LogP contribution in [0.5, 0.6) is 0 Å². The molecule has 1 aromatic rings. The van der Waals surface area contributed by atoms with Crippen molar-refractivity contribution in [3.05, 3.63) is 35.9 Å². The van der Waals surface area contributed by atoms with E-state index < -0.39 is 24.2 Å². The number of alkyl halides is 3. The first kappa shape index (κ1) is 15.5. The van der Waals surface area contributed by atoms with Crippen LogP contribution in [0.3, 0.4) is 0 Å². The molecule has 0 aliphatic heterocycles. The minimum Gasteiger partial charge on any atom is -0.368 e. The molecule has 6 heteroatoms. The fourth-order valence-electron chi connectivity index (χ4n) is 1.87. The third kappa shape index (κ3) is 4.55. The van der Waals surface area contributed by atoms with E-state index in [0.29, 0.717) is 0 Å². The summed E-state index contributed by atoms with van der Waals surface area (Å²) in [5.41, 5.74) is 4.67. The predicted molar refractivity (Wildman–Crippen MR) is 66.4 cm³/mol. The molecular formula is C13H17F3N2O. The minimum absolute atomic E-state index is 0.135. The van der Waals surface area contributed by atoms with Crippen molar-refractivity contribution in [2.24, 2.45) is 5.73 Å². The van der Waals surface area contributed by atoms with Gasteiger partial charge in [0.05, 0.1) is 6.54 Å². The second-order valence-corrected chi connectivity index (χ2v) is 4.43. The van der Waals surface area contributed by atoms with E-state index >= 15 is 0 Å². The molecule has 1 aromatic carbocycles. The molecule has 3 N–H and O–H groups in total. The van der Waals surface area contributed by atoms with E-state index in [2.05, 4.69) is 5.32 Å². The summed E-state index contributed by atoms with van der Waals surface area (Å²) < 4.78 is 36.9. The van der Waals surface area contributed by atoms with Gasteiger partial charge in [0.1, 0.15) is 5.54 Å². The molecule has 0 radical (unpaired) electrons. The number of primary amides is 1. The van der Waals surface area contributed by atoms with Gasteiger partial charge >= 0.3 is 6.18 Å². The molecule has 0 saturated carbocycles. The van der Waals surface area contributed by atoms with E-state index in [4.69, 9.17) is 5.73 Å². The first-order valence-electron chi connectivity index (χ1n) is 5.95. The molecule has 0 aliphatic carbocycles. The van der Waals surface area contributed by atoms with Gasteiger partial charge in [-0.3, -0.25) is 10.1 Å². The van der Waals surface area contributed by atoms with Crippen LogP contribution in [0.4, 0.5) is 13.2 Å². The third-order valence-corrected chi connectivity index (χ3v) is 3.05. The molecule has 3 nitrogen and oxygen atoms in total. The lowest BCUT2D eigenvalue weighted by Crippen LogP contribution is -2.58. The zero-order valence-electron chi connectivity index (χ0n) is 10.6. The smallest absolute Gasteiger partial charge is 0.368 e. The zero-order valence-corrected chi connectivity index (χ0v) is 10.6. The molecule has 0 aliphatic rings. The normalized spacial score (nSPS) is 14.9. The lowest BCUT2D eigenvalue weighted by atomic mass is 9.87. The summed E-state index contributed by atoms with van der Waals surface area (Å²) in [5, 5.41) is 2.27. The summed E-state index contributed by atoms with van der Waals surface area (Å²) >= 11 is 0. The van der Waals surface area contributed by atoms with Crippen LogP contribution in [-0.2, 0) is 11.2 Å². The van der Waals surface area contributed by atoms with Crippen LogP contribution >= 0.6 is 0 Å². The van der Waals surface area contributed by atoms with Crippen LogP contribution < -0.4 is 11.1 Å². The van der Waals surface area contributed by atoms with Crippen LogP contribution in [0.1, 0.15) is 18.9 Å². The molecule has 1 atom stereocenters. The summed E-state index contributed by atoms with van der Waals surface area (Å²) in [6.07, 6.45) is -4.06. The molecule has 0 bridgehead atoms. The first-order valence-corrected chi connectivity index (χ1v) is 5.95. The van der Waals surface area contributed by atoms with Crippen molar-refractivity contribution >= 4 is 5.91 Å². The topological polar surface area (TPSA) is 55.1 Å². The van der Waals surface area contributed by atoms with E-state index in [9.17, 15) is 18.0 Å². The Hall–Kier alpha value is -1.56. The predicted octanol–water partition coefficient (Wildman–Crippen LogP) is 2.02. The second-order valence-electron chi connectivity index (χ2n) is 4.43. The molecule has 0 heterocycles. The highest BCUT2D eigenvalue weighted by atomic mass is 19.4. The van der Waals surface area contributed by atoms with Crippen LogP contribution in [0.15, 0.2) is 30.3 Å². The molecule has 0 saturated heterocycles. The highest BCUT2D eigenvalue weighted by molar-refractivity contribution is 5.85. The maximum atomic E-state index is 12.3. The lowest BCUT2D eigenvalue weighted by Gasteiger charge is -2.31. The van der Waals surface area contributed by atoms with Gasteiger partial charge in [-0.05, 0) is 18.4 Å². The summed E-state index contributed by atoms with van der Waals surface area (Å²) in [6.45, 7) is 0.397. The fourth-order valence-corrected chi connectivity index (χ4v) is 1.87. The van der Waals surface area contributed by atoms with Gasteiger partial charge in [-0.2, -0.15) is 13.2 Å². The van der Waals surface area contributed by atoms with Crippen molar-refractivity contribution < 1.29 is 18.0 Å². The molecular weight excluding hydrogens is 257 g/mol. The summed E-state index contributed by atoms with van der Waals surface area (Å²) in [7, 11) is 0. The van der Waals surface area contributed by atoms with Gasteiger partial charge in [0.2, 0.25) is 5.91 Å². The number of halogens is 3. The minimum atomic E-state index is -4.38. The molecule has 1 amide bonds.